The molecule has 0 saturated carbocycles. The molecule has 1 fully saturated rings. The first-order valence-corrected chi connectivity index (χ1v) is 9.16. The molecular weight excluding hydrogens is 363 g/mol. The number of aliphatic hydroxyl groups is 1. The summed E-state index contributed by atoms with van der Waals surface area (Å²) in [5.41, 5.74) is 1.26. The molecule has 0 aliphatic carbocycles. The van der Waals surface area contributed by atoms with Crippen molar-refractivity contribution in [2.75, 3.05) is 53.6 Å². The minimum absolute atomic E-state index is 0.0714. The molecule has 0 bridgehead atoms. The SMILES string of the molecule is COCCN(C)C[C@@H]1CN(C(=O)c2cc(Cl)c(C)c(Cl)c2)C[C@@H]1CO. The van der Waals surface area contributed by atoms with Gasteiger partial charge in [-0.25, -0.2) is 0 Å². The van der Waals surface area contributed by atoms with Gasteiger partial charge in [-0.1, -0.05) is 23.2 Å². The lowest BCUT2D eigenvalue weighted by molar-refractivity contribution is 0.0778. The standard InChI is InChI=1S/C18H26Cl2N2O3/c1-12-16(19)6-13(7-17(12)20)18(24)22-9-14(15(10-22)11-23)8-21(2)4-5-25-3/h6-7,14-15,23H,4-5,8-11H2,1-3H3/t14-,15-/m1/s1. The molecule has 140 valence electrons. The summed E-state index contributed by atoms with van der Waals surface area (Å²) in [5, 5.41) is 10.7. The molecule has 1 aromatic rings. The normalized spacial score (nSPS) is 20.5. The quantitative estimate of drug-likeness (QED) is 0.779. The molecule has 0 aromatic heterocycles. The van der Waals surface area contributed by atoms with E-state index in [-0.39, 0.29) is 24.3 Å². The van der Waals surface area contributed by atoms with Gasteiger partial charge in [-0.15, -0.1) is 0 Å². The van der Waals surface area contributed by atoms with E-state index in [4.69, 9.17) is 27.9 Å². The minimum atomic E-state index is -0.0932. The topological polar surface area (TPSA) is 53.0 Å². The maximum absolute atomic E-state index is 12.8. The van der Waals surface area contributed by atoms with E-state index < -0.39 is 0 Å². The number of halogens is 2. The van der Waals surface area contributed by atoms with Gasteiger partial charge in [0.25, 0.3) is 5.91 Å². The Kier molecular flexibility index (Phi) is 7.52. The number of amides is 1. The fourth-order valence-corrected chi connectivity index (χ4v) is 3.70. The van der Waals surface area contributed by atoms with E-state index >= 15 is 0 Å². The van der Waals surface area contributed by atoms with Gasteiger partial charge in [0.15, 0.2) is 0 Å². The molecule has 1 aromatic carbocycles. The summed E-state index contributed by atoms with van der Waals surface area (Å²) in [4.78, 5) is 16.8. The smallest absolute Gasteiger partial charge is 0.253 e. The largest absolute Gasteiger partial charge is 0.396 e. The number of ether oxygens (including phenoxy) is 1. The van der Waals surface area contributed by atoms with Crippen LogP contribution in [-0.2, 0) is 4.74 Å². The molecule has 2 rings (SSSR count). The number of hydrogen-bond donors (Lipinski definition) is 1. The second kappa shape index (κ2) is 9.19. The molecule has 1 aliphatic heterocycles. The van der Waals surface area contributed by atoms with Crippen LogP contribution in [0.5, 0.6) is 0 Å². The molecule has 2 atom stereocenters. The minimum Gasteiger partial charge on any atom is -0.396 e. The fourth-order valence-electron chi connectivity index (χ4n) is 3.21. The van der Waals surface area contributed by atoms with Crippen LogP contribution in [0.4, 0.5) is 0 Å². The predicted octanol–water partition coefficient (Wildman–Crippen LogP) is 2.56. The van der Waals surface area contributed by atoms with Crippen molar-refractivity contribution in [1.29, 1.82) is 0 Å². The number of hydrogen-bond acceptors (Lipinski definition) is 4. The van der Waals surface area contributed by atoms with E-state index in [1.165, 1.54) is 0 Å². The number of rotatable bonds is 7. The first-order valence-electron chi connectivity index (χ1n) is 8.40. The van der Waals surface area contributed by atoms with Crippen LogP contribution in [0.3, 0.4) is 0 Å². The van der Waals surface area contributed by atoms with Gasteiger partial charge in [0.2, 0.25) is 0 Å². The van der Waals surface area contributed by atoms with Crippen molar-refractivity contribution in [2.45, 2.75) is 6.92 Å². The first kappa shape index (κ1) is 20.5. The second-order valence-electron chi connectivity index (χ2n) is 6.73. The predicted molar refractivity (Wildman–Crippen MR) is 101 cm³/mol. The van der Waals surface area contributed by atoms with E-state index in [1.807, 2.05) is 14.0 Å². The van der Waals surface area contributed by atoms with Crippen LogP contribution in [-0.4, -0.2) is 74.4 Å². The van der Waals surface area contributed by atoms with Crippen molar-refractivity contribution in [3.63, 3.8) is 0 Å². The summed E-state index contributed by atoms with van der Waals surface area (Å²) in [7, 11) is 3.70. The van der Waals surface area contributed by atoms with Gasteiger partial charge < -0.3 is 19.6 Å². The van der Waals surface area contributed by atoms with Gasteiger partial charge in [-0.2, -0.15) is 0 Å². The maximum atomic E-state index is 12.8. The third-order valence-electron chi connectivity index (χ3n) is 4.85. The van der Waals surface area contributed by atoms with Crippen molar-refractivity contribution in [2.24, 2.45) is 11.8 Å². The zero-order valence-electron chi connectivity index (χ0n) is 15.0. The number of carbonyl (C=O) groups excluding carboxylic acids is 1. The number of aliphatic hydroxyl groups excluding tert-OH is 1. The van der Waals surface area contributed by atoms with Crippen LogP contribution in [0, 0.1) is 18.8 Å². The summed E-state index contributed by atoms with van der Waals surface area (Å²) in [6.45, 7) is 5.35. The Morgan fingerprint density at radius 2 is 1.92 bits per heavy atom. The number of benzene rings is 1. The van der Waals surface area contributed by atoms with Gasteiger partial charge in [0.1, 0.15) is 0 Å². The zero-order valence-corrected chi connectivity index (χ0v) is 16.5. The fraction of sp³-hybridized carbons (Fsp3) is 0.611. The van der Waals surface area contributed by atoms with Crippen LogP contribution in [0.1, 0.15) is 15.9 Å². The lowest BCUT2D eigenvalue weighted by Gasteiger charge is -2.23. The summed E-state index contributed by atoms with van der Waals surface area (Å²) in [5.74, 6) is 0.210. The molecule has 7 heteroatoms. The zero-order chi connectivity index (χ0) is 18.6. The Morgan fingerprint density at radius 1 is 1.32 bits per heavy atom. The van der Waals surface area contributed by atoms with Crippen LogP contribution in [0.2, 0.25) is 10.0 Å². The van der Waals surface area contributed by atoms with E-state index in [9.17, 15) is 9.90 Å². The van der Waals surface area contributed by atoms with Gasteiger partial charge in [-0.3, -0.25) is 4.79 Å². The van der Waals surface area contributed by atoms with Crippen LogP contribution in [0.15, 0.2) is 12.1 Å². The molecule has 0 spiro atoms. The number of methoxy groups -OCH3 is 1. The highest BCUT2D eigenvalue weighted by Crippen LogP contribution is 2.29. The Balaban J connectivity index is 2.06. The molecule has 5 nitrogen and oxygen atoms in total. The van der Waals surface area contributed by atoms with Crippen molar-refractivity contribution in [1.82, 2.24) is 9.80 Å². The van der Waals surface area contributed by atoms with E-state index in [0.29, 0.717) is 35.3 Å². The Morgan fingerprint density at radius 3 is 2.48 bits per heavy atom. The summed E-state index contributed by atoms with van der Waals surface area (Å²) in [6, 6.07) is 3.33. The third kappa shape index (κ3) is 5.08. The van der Waals surface area contributed by atoms with Gasteiger partial charge in [0, 0.05) is 61.4 Å². The Bertz CT molecular complexity index is 589. The molecule has 1 saturated heterocycles. The highest BCUT2D eigenvalue weighted by molar-refractivity contribution is 6.36. The van der Waals surface area contributed by atoms with Crippen molar-refractivity contribution in [3.8, 4) is 0 Å². The molecule has 1 aliphatic rings. The van der Waals surface area contributed by atoms with Crippen molar-refractivity contribution >= 4 is 29.1 Å². The number of nitrogens with zero attached hydrogens (tertiary/aromatic N) is 2. The van der Waals surface area contributed by atoms with Crippen molar-refractivity contribution < 1.29 is 14.6 Å². The average Bonchev–Trinajstić information content (AvgIpc) is 2.99. The van der Waals surface area contributed by atoms with Crippen molar-refractivity contribution in [3.05, 3.63) is 33.3 Å². The van der Waals surface area contributed by atoms with E-state index in [2.05, 4.69) is 4.90 Å². The molecule has 25 heavy (non-hydrogen) atoms. The molecular formula is C18H26Cl2N2O3. The number of likely N-dealkylation sites (tertiary alicyclic amines) is 1. The molecule has 1 heterocycles. The summed E-state index contributed by atoms with van der Waals surface area (Å²) < 4.78 is 5.10. The molecule has 1 amide bonds. The third-order valence-corrected chi connectivity index (χ3v) is 5.63. The molecule has 0 unspecified atom stereocenters. The van der Waals surface area contributed by atoms with Crippen LogP contribution >= 0.6 is 23.2 Å². The number of likely N-dealkylation sites (N-methyl/N-ethyl adjacent to an activating group) is 1. The monoisotopic (exact) mass is 388 g/mol. The Labute approximate surface area is 159 Å². The van der Waals surface area contributed by atoms with Crippen LogP contribution in [0.25, 0.3) is 0 Å². The van der Waals surface area contributed by atoms with E-state index in [1.54, 1.807) is 24.1 Å². The Hall–Kier alpha value is -0.850. The van der Waals surface area contributed by atoms with Crippen LogP contribution < -0.4 is 0 Å². The lowest BCUT2D eigenvalue weighted by atomic mass is 9.96. The highest BCUT2D eigenvalue weighted by Gasteiger charge is 2.35. The molecule has 1 N–H and O–H groups in total. The molecule has 0 radical (unpaired) electrons. The van der Waals surface area contributed by atoms with E-state index in [0.717, 1.165) is 18.7 Å². The van der Waals surface area contributed by atoms with Gasteiger partial charge >= 0.3 is 0 Å². The highest BCUT2D eigenvalue weighted by atomic mass is 35.5. The maximum Gasteiger partial charge on any atom is 0.253 e. The van der Waals surface area contributed by atoms with Gasteiger partial charge in [-0.05, 0) is 37.6 Å². The lowest BCUT2D eigenvalue weighted by Crippen LogP contribution is -2.33. The van der Waals surface area contributed by atoms with Gasteiger partial charge in [0.05, 0.1) is 6.61 Å². The average molecular weight is 389 g/mol. The second-order valence-corrected chi connectivity index (χ2v) is 7.55. The summed E-state index contributed by atoms with van der Waals surface area (Å²) in [6.07, 6.45) is 0. The first-order chi connectivity index (χ1) is 11.9. The number of carbonyl (C=O) groups is 1. The summed E-state index contributed by atoms with van der Waals surface area (Å²) >= 11 is 12.3.